The minimum Gasteiger partial charge on any atom is -0.460 e. The monoisotopic (exact) mass is 950 g/mol. The molecule has 15 heteroatoms. The maximum atomic E-state index is 14.4. The third-order valence-corrected chi connectivity index (χ3v) is 15.1. The Kier molecular flexibility index (Phi) is 20.3. The zero-order valence-electron chi connectivity index (χ0n) is 41.8. The standard InChI is InChI=1S/C53H79N3O12/c1-32-15-11-10-12-16-33(2)42(55-24-22-54-31-55)29-40-20-18-38(7)53(64,68-40)50(61)51(62)56-23-14-13-17-41(56)52(63)67-45(35(4)27-39-19-21-43(57)46(28-39)65-8)30-44(58)34(3)26-37(6)48(60)49(66-9)47(59)36(5)25-32/h10-12,15-16,22,24,26,31-32,34-36,38-43,45-46,48-49,57,60,64H,13-14,17-21,23,25,27-30H2,1-9H3/b12-10+,15-11+,33-16+,37-26+/t32-,34-,35-,36-,38-,39+,40+,41+,42-,43-,45+,46-,48-,49+,53-/m1/s1. The fourth-order valence-corrected chi connectivity index (χ4v) is 10.7. The van der Waals surface area contributed by atoms with Gasteiger partial charge in [0.15, 0.2) is 5.78 Å². The van der Waals surface area contributed by atoms with E-state index in [0.717, 1.165) is 12.0 Å². The smallest absolute Gasteiger partial charge is 0.329 e. The molecule has 5 rings (SSSR count). The predicted octanol–water partition coefficient (Wildman–Crippen LogP) is 6.60. The molecule has 1 aromatic heterocycles. The maximum absolute atomic E-state index is 14.4. The van der Waals surface area contributed by atoms with E-state index in [1.807, 2.05) is 68.8 Å². The number of piperidine rings is 1. The molecule has 2 saturated heterocycles. The molecule has 4 aliphatic rings. The number of esters is 1. The van der Waals surface area contributed by atoms with E-state index in [0.29, 0.717) is 63.4 Å². The van der Waals surface area contributed by atoms with E-state index in [1.54, 1.807) is 46.5 Å². The van der Waals surface area contributed by atoms with Crippen LogP contribution in [-0.4, -0.2) is 128 Å². The van der Waals surface area contributed by atoms with Crippen LogP contribution in [0.3, 0.4) is 0 Å². The number of Topliss-reactive ketones (excluding diaryl/α,β-unsaturated/α-hetero) is 3. The summed E-state index contributed by atoms with van der Waals surface area (Å²) in [5, 5.41) is 34.1. The van der Waals surface area contributed by atoms with Crippen LogP contribution in [0.15, 0.2) is 66.3 Å². The molecule has 0 radical (unpaired) electrons. The van der Waals surface area contributed by atoms with Crippen LogP contribution in [0.25, 0.3) is 0 Å². The number of ether oxygens (including phenoxy) is 4. The first-order chi connectivity index (χ1) is 32.3. The van der Waals surface area contributed by atoms with Crippen LogP contribution < -0.4 is 0 Å². The number of allylic oxidation sites excluding steroid dienone is 7. The molecule has 4 heterocycles. The number of amides is 1. The van der Waals surface area contributed by atoms with E-state index < -0.39 is 77.8 Å². The molecule has 378 valence electrons. The zero-order valence-corrected chi connectivity index (χ0v) is 41.8. The molecule has 68 heavy (non-hydrogen) atoms. The van der Waals surface area contributed by atoms with Crippen LogP contribution in [-0.2, 0) is 42.9 Å². The molecular formula is C53H79N3O12. The summed E-state index contributed by atoms with van der Waals surface area (Å²) in [6.45, 7) is 12.8. The van der Waals surface area contributed by atoms with Gasteiger partial charge in [-0.25, -0.2) is 9.78 Å². The highest BCUT2D eigenvalue weighted by molar-refractivity contribution is 6.39. The highest BCUT2D eigenvalue weighted by Gasteiger charge is 2.53. The number of fused-ring (bicyclic) bond motifs is 3. The number of aromatic nitrogens is 2. The van der Waals surface area contributed by atoms with E-state index >= 15 is 0 Å². The number of aliphatic hydroxyl groups is 3. The van der Waals surface area contributed by atoms with Gasteiger partial charge in [0.05, 0.1) is 30.7 Å². The molecule has 0 aromatic carbocycles. The summed E-state index contributed by atoms with van der Waals surface area (Å²) in [6.07, 6.45) is 17.0. The maximum Gasteiger partial charge on any atom is 0.329 e. The molecule has 0 spiro atoms. The van der Waals surface area contributed by atoms with Crippen molar-refractivity contribution in [3.8, 4) is 0 Å². The lowest BCUT2D eigenvalue weighted by atomic mass is 9.78. The van der Waals surface area contributed by atoms with Crippen molar-refractivity contribution in [2.24, 2.45) is 35.5 Å². The predicted molar refractivity (Wildman–Crippen MR) is 256 cm³/mol. The van der Waals surface area contributed by atoms with E-state index in [2.05, 4.69) is 4.98 Å². The van der Waals surface area contributed by atoms with Crippen molar-refractivity contribution in [3.05, 3.63) is 66.3 Å². The fraction of sp³-hybridized carbons (Fsp3) is 0.698. The number of carbonyl (C=O) groups excluding carboxylic acids is 5. The van der Waals surface area contributed by atoms with Gasteiger partial charge in [-0.3, -0.25) is 19.2 Å². The van der Waals surface area contributed by atoms with E-state index in [1.165, 1.54) is 12.0 Å². The van der Waals surface area contributed by atoms with Crippen molar-refractivity contribution in [2.75, 3.05) is 20.8 Å². The van der Waals surface area contributed by atoms with Crippen molar-refractivity contribution < 1.29 is 58.2 Å². The molecule has 2 bridgehead atoms. The van der Waals surface area contributed by atoms with Gasteiger partial charge in [-0.05, 0) is 108 Å². The van der Waals surface area contributed by atoms with Crippen LogP contribution in [0.5, 0.6) is 0 Å². The number of imidazole rings is 1. The molecule has 3 fully saturated rings. The number of cyclic esters (lactones) is 1. The molecular weight excluding hydrogens is 871 g/mol. The lowest BCUT2D eigenvalue weighted by Crippen LogP contribution is -2.60. The molecule has 15 atom stereocenters. The van der Waals surface area contributed by atoms with Gasteiger partial charge in [0.2, 0.25) is 5.79 Å². The second-order valence-electron chi connectivity index (χ2n) is 20.4. The Hall–Kier alpha value is -4.12. The summed E-state index contributed by atoms with van der Waals surface area (Å²) in [7, 11) is 2.95. The topological polar surface area (TPSA) is 204 Å². The Morgan fingerprint density at radius 2 is 1.63 bits per heavy atom. The zero-order chi connectivity index (χ0) is 49.9. The van der Waals surface area contributed by atoms with Gasteiger partial charge >= 0.3 is 5.97 Å². The third kappa shape index (κ3) is 13.8. The lowest BCUT2D eigenvalue weighted by molar-refractivity contribution is -0.264. The number of nitrogens with zero attached hydrogens (tertiary/aromatic N) is 3. The van der Waals surface area contributed by atoms with Gasteiger partial charge in [-0.2, -0.15) is 0 Å². The van der Waals surface area contributed by atoms with Gasteiger partial charge in [-0.15, -0.1) is 0 Å². The Morgan fingerprint density at radius 3 is 2.32 bits per heavy atom. The first-order valence-corrected chi connectivity index (χ1v) is 24.9. The Labute approximate surface area is 403 Å². The summed E-state index contributed by atoms with van der Waals surface area (Å²) in [4.78, 5) is 76.6. The number of hydrogen-bond donors (Lipinski definition) is 3. The van der Waals surface area contributed by atoms with E-state index in [9.17, 15) is 39.3 Å². The number of rotatable bonds is 6. The highest BCUT2D eigenvalue weighted by atomic mass is 16.6. The van der Waals surface area contributed by atoms with Gasteiger partial charge in [0.1, 0.15) is 30.1 Å². The Morgan fingerprint density at radius 1 is 0.882 bits per heavy atom. The first kappa shape index (κ1) is 54.8. The summed E-state index contributed by atoms with van der Waals surface area (Å²) >= 11 is 0. The Bertz CT molecular complexity index is 2000. The summed E-state index contributed by atoms with van der Waals surface area (Å²) < 4.78 is 25.7. The summed E-state index contributed by atoms with van der Waals surface area (Å²) in [5.74, 6) is -8.00. The minimum absolute atomic E-state index is 0.0119. The minimum atomic E-state index is -2.44. The van der Waals surface area contributed by atoms with Crippen molar-refractivity contribution in [3.63, 3.8) is 0 Å². The van der Waals surface area contributed by atoms with Gasteiger partial charge < -0.3 is 43.7 Å². The van der Waals surface area contributed by atoms with E-state index in [-0.39, 0.29) is 60.9 Å². The van der Waals surface area contributed by atoms with Gasteiger partial charge in [0.25, 0.3) is 11.7 Å². The molecule has 15 nitrogen and oxygen atoms in total. The van der Waals surface area contributed by atoms with Crippen LogP contribution in [0.4, 0.5) is 0 Å². The van der Waals surface area contributed by atoms with Crippen molar-refractivity contribution in [1.29, 1.82) is 0 Å². The van der Waals surface area contributed by atoms with Crippen molar-refractivity contribution >= 4 is 29.2 Å². The second kappa shape index (κ2) is 25.1. The van der Waals surface area contributed by atoms with Crippen LogP contribution >= 0.6 is 0 Å². The summed E-state index contributed by atoms with van der Waals surface area (Å²) in [6, 6.07) is -1.41. The van der Waals surface area contributed by atoms with Gasteiger partial charge in [-0.1, -0.05) is 76.6 Å². The number of hydrogen-bond acceptors (Lipinski definition) is 13. The molecule has 3 N–H and O–H groups in total. The molecule has 1 saturated carbocycles. The summed E-state index contributed by atoms with van der Waals surface area (Å²) in [5.41, 5.74) is 1.35. The molecule has 0 unspecified atom stereocenters. The van der Waals surface area contributed by atoms with E-state index in [4.69, 9.17) is 18.9 Å². The average molecular weight is 950 g/mol. The lowest BCUT2D eigenvalue weighted by Gasteiger charge is -2.43. The highest BCUT2D eigenvalue weighted by Crippen LogP contribution is 2.39. The number of ketones is 3. The average Bonchev–Trinajstić information content (AvgIpc) is 3.86. The van der Waals surface area contributed by atoms with Crippen LogP contribution in [0, 0.1) is 35.5 Å². The fourth-order valence-electron chi connectivity index (χ4n) is 10.7. The quantitative estimate of drug-likeness (QED) is 0.156. The first-order valence-electron chi connectivity index (χ1n) is 24.9. The Balaban J connectivity index is 1.49. The number of aliphatic hydroxyl groups excluding tert-OH is 2. The largest absolute Gasteiger partial charge is 0.460 e. The van der Waals surface area contributed by atoms with Crippen molar-refractivity contribution in [2.45, 2.75) is 180 Å². The van der Waals surface area contributed by atoms with Crippen LogP contribution in [0.2, 0.25) is 0 Å². The molecule has 1 aromatic rings. The molecule has 3 aliphatic heterocycles. The molecule has 1 amide bonds. The number of carbonyl (C=O) groups is 5. The van der Waals surface area contributed by atoms with Crippen LogP contribution in [0.1, 0.15) is 132 Å². The second-order valence-corrected chi connectivity index (χ2v) is 20.4. The number of methoxy groups -OCH3 is 2. The van der Waals surface area contributed by atoms with Gasteiger partial charge in [0, 0.05) is 57.3 Å². The molecule has 1 aliphatic carbocycles. The third-order valence-electron chi connectivity index (χ3n) is 15.1. The normalized spacial score (nSPS) is 39.1. The van der Waals surface area contributed by atoms with Crippen molar-refractivity contribution in [1.82, 2.24) is 14.5 Å². The SMILES string of the molecule is CO[C@@H]1C[C@H](C[C@@H](C)[C@@H]2CC(=O)[C@H](C)/C=C(\C)[C@@H](O)[C@@H](OC)C(=O)[C@H](C)C[C@H](C)/C=C/C=C/C=C(\C)[C@H](n3ccnc3)C[C@@H]3CC[C@@H](C)[C@@](O)(O3)C(=O)C(=O)N3CCCC[C@H]3C(=O)O2)CC[C@H]1O.